The number of hydrogen-bond acceptors (Lipinski definition) is 6. The Morgan fingerprint density at radius 2 is 1.87 bits per heavy atom. The first kappa shape index (κ1) is 19.3. The van der Waals surface area contributed by atoms with E-state index in [-0.39, 0.29) is 5.56 Å². The van der Waals surface area contributed by atoms with Gasteiger partial charge >= 0.3 is 6.03 Å². The number of hydrazine groups is 1. The molecular formula is C21H19N5O4. The van der Waals surface area contributed by atoms with E-state index in [1.54, 1.807) is 31.2 Å². The summed E-state index contributed by atoms with van der Waals surface area (Å²) in [4.78, 5) is 37.7. The van der Waals surface area contributed by atoms with Crippen LogP contribution in [0.1, 0.15) is 29.3 Å². The van der Waals surface area contributed by atoms with Crippen LogP contribution in [0.15, 0.2) is 65.4 Å². The Labute approximate surface area is 172 Å². The van der Waals surface area contributed by atoms with Gasteiger partial charge < -0.3 is 9.73 Å². The Morgan fingerprint density at radius 1 is 1.13 bits per heavy atom. The van der Waals surface area contributed by atoms with E-state index in [9.17, 15) is 14.4 Å². The molecule has 1 fully saturated rings. The lowest BCUT2D eigenvalue weighted by molar-refractivity contribution is -0.132. The molecule has 0 aliphatic carbocycles. The third kappa shape index (κ3) is 3.77. The SMILES string of the molecule is CC1(CCc2ccccc2)NC(=O)N(NC(=O)c2ccc(-c3nnco3)cc2)C1=O. The Morgan fingerprint density at radius 3 is 2.53 bits per heavy atom. The Bertz CT molecular complexity index is 1070. The summed E-state index contributed by atoms with van der Waals surface area (Å²) in [5.41, 5.74) is 3.27. The summed E-state index contributed by atoms with van der Waals surface area (Å²) < 4.78 is 5.10. The first-order chi connectivity index (χ1) is 14.5. The molecule has 2 aromatic carbocycles. The van der Waals surface area contributed by atoms with Crippen LogP contribution in [0.2, 0.25) is 0 Å². The second kappa shape index (κ2) is 7.78. The molecule has 0 bridgehead atoms. The predicted octanol–water partition coefficient (Wildman–Crippen LogP) is 2.32. The largest absolute Gasteiger partial charge is 0.423 e. The van der Waals surface area contributed by atoms with Gasteiger partial charge in [-0.05, 0) is 49.6 Å². The molecule has 0 saturated carbocycles. The van der Waals surface area contributed by atoms with Crippen LogP contribution in [-0.2, 0) is 11.2 Å². The van der Waals surface area contributed by atoms with Crippen molar-refractivity contribution in [2.24, 2.45) is 0 Å². The molecular weight excluding hydrogens is 386 g/mol. The minimum atomic E-state index is -1.10. The maximum Gasteiger partial charge on any atom is 0.344 e. The van der Waals surface area contributed by atoms with Gasteiger partial charge in [0.25, 0.3) is 11.8 Å². The molecule has 0 spiro atoms. The highest BCUT2D eigenvalue weighted by Crippen LogP contribution is 2.23. The lowest BCUT2D eigenvalue weighted by atomic mass is 9.93. The van der Waals surface area contributed by atoms with Crippen LogP contribution in [-0.4, -0.2) is 38.6 Å². The van der Waals surface area contributed by atoms with Gasteiger partial charge in [0, 0.05) is 11.1 Å². The van der Waals surface area contributed by atoms with Crippen molar-refractivity contribution in [3.05, 3.63) is 72.1 Å². The first-order valence-electron chi connectivity index (χ1n) is 9.34. The summed E-state index contributed by atoms with van der Waals surface area (Å²) in [5.74, 6) is -0.757. The molecule has 9 heteroatoms. The molecule has 4 rings (SSSR count). The number of imide groups is 1. The quantitative estimate of drug-likeness (QED) is 0.608. The molecule has 152 valence electrons. The number of amides is 4. The van der Waals surface area contributed by atoms with Gasteiger partial charge in [-0.25, -0.2) is 4.79 Å². The molecule has 1 unspecified atom stereocenters. The fourth-order valence-electron chi connectivity index (χ4n) is 3.22. The van der Waals surface area contributed by atoms with Crippen molar-refractivity contribution in [2.45, 2.75) is 25.3 Å². The fourth-order valence-corrected chi connectivity index (χ4v) is 3.22. The Hall–Kier alpha value is -4.01. The summed E-state index contributed by atoms with van der Waals surface area (Å²) in [6.45, 7) is 1.65. The average molecular weight is 405 g/mol. The molecule has 1 aliphatic heterocycles. The minimum absolute atomic E-state index is 0.275. The predicted molar refractivity (Wildman–Crippen MR) is 106 cm³/mol. The third-order valence-electron chi connectivity index (χ3n) is 4.98. The second-order valence-electron chi connectivity index (χ2n) is 7.15. The summed E-state index contributed by atoms with van der Waals surface area (Å²) in [6, 6.07) is 15.4. The summed E-state index contributed by atoms with van der Waals surface area (Å²) >= 11 is 0. The van der Waals surface area contributed by atoms with E-state index in [1.807, 2.05) is 30.3 Å². The topological polar surface area (TPSA) is 117 Å². The van der Waals surface area contributed by atoms with E-state index in [2.05, 4.69) is 20.9 Å². The van der Waals surface area contributed by atoms with Gasteiger partial charge in [0.15, 0.2) is 0 Å². The van der Waals surface area contributed by atoms with Crippen LogP contribution in [0.5, 0.6) is 0 Å². The third-order valence-corrected chi connectivity index (χ3v) is 4.98. The van der Waals surface area contributed by atoms with Crippen molar-refractivity contribution in [3.8, 4) is 11.5 Å². The number of aromatic nitrogens is 2. The maximum absolute atomic E-state index is 12.8. The van der Waals surface area contributed by atoms with Crippen LogP contribution in [0.3, 0.4) is 0 Å². The van der Waals surface area contributed by atoms with Crippen molar-refractivity contribution in [2.75, 3.05) is 0 Å². The molecule has 2 N–H and O–H groups in total. The Kier molecular flexibility index (Phi) is 5.01. The van der Waals surface area contributed by atoms with Crippen molar-refractivity contribution in [1.29, 1.82) is 0 Å². The van der Waals surface area contributed by atoms with E-state index >= 15 is 0 Å². The number of carbonyl (C=O) groups excluding carboxylic acids is 3. The molecule has 2 heterocycles. The number of hydrogen-bond donors (Lipinski definition) is 2. The minimum Gasteiger partial charge on any atom is -0.423 e. The van der Waals surface area contributed by atoms with Gasteiger partial charge in [-0.1, -0.05) is 30.3 Å². The van der Waals surface area contributed by atoms with E-state index in [0.717, 1.165) is 10.6 Å². The number of aryl methyl sites for hydroxylation is 1. The molecule has 3 aromatic rings. The number of urea groups is 1. The molecule has 1 atom stereocenters. The number of benzene rings is 2. The fraction of sp³-hybridized carbons (Fsp3) is 0.190. The number of nitrogens with zero attached hydrogens (tertiary/aromatic N) is 3. The first-order valence-corrected chi connectivity index (χ1v) is 9.34. The van der Waals surface area contributed by atoms with Gasteiger partial charge in [0.1, 0.15) is 5.54 Å². The van der Waals surface area contributed by atoms with E-state index in [0.29, 0.717) is 24.3 Å². The standard InChI is InChI=1S/C21H19N5O4/c1-21(12-11-14-5-3-2-4-6-14)19(28)26(20(29)23-21)25-17(27)15-7-9-16(10-8-15)18-24-22-13-30-18/h2-10,13H,11-12H2,1H3,(H,23,29)(H,25,27). The molecule has 9 nitrogen and oxygen atoms in total. The normalized spacial score (nSPS) is 18.4. The molecule has 0 radical (unpaired) electrons. The van der Waals surface area contributed by atoms with Crippen molar-refractivity contribution in [1.82, 2.24) is 25.9 Å². The second-order valence-corrected chi connectivity index (χ2v) is 7.15. The van der Waals surface area contributed by atoms with Crippen molar-refractivity contribution < 1.29 is 18.8 Å². The van der Waals surface area contributed by atoms with Gasteiger partial charge in [0.05, 0.1) is 0 Å². The highest BCUT2D eigenvalue weighted by Gasteiger charge is 2.48. The van der Waals surface area contributed by atoms with Gasteiger partial charge in [-0.3, -0.25) is 15.0 Å². The maximum atomic E-state index is 12.8. The lowest BCUT2D eigenvalue weighted by Gasteiger charge is -2.21. The van der Waals surface area contributed by atoms with Crippen LogP contribution in [0, 0.1) is 0 Å². The zero-order valence-corrected chi connectivity index (χ0v) is 16.2. The molecule has 1 aromatic heterocycles. The zero-order valence-electron chi connectivity index (χ0n) is 16.2. The van der Waals surface area contributed by atoms with Crippen LogP contribution in [0.25, 0.3) is 11.5 Å². The van der Waals surface area contributed by atoms with Gasteiger partial charge in [-0.15, -0.1) is 10.2 Å². The van der Waals surface area contributed by atoms with Crippen LogP contribution in [0.4, 0.5) is 4.79 Å². The van der Waals surface area contributed by atoms with Crippen LogP contribution < -0.4 is 10.7 Å². The van der Waals surface area contributed by atoms with Crippen LogP contribution >= 0.6 is 0 Å². The highest BCUT2D eigenvalue weighted by molar-refractivity contribution is 6.09. The summed E-state index contributed by atoms with van der Waals surface area (Å²) in [5, 5.41) is 10.8. The summed E-state index contributed by atoms with van der Waals surface area (Å²) in [6.07, 6.45) is 2.23. The van der Waals surface area contributed by atoms with E-state index in [1.165, 1.54) is 6.39 Å². The monoisotopic (exact) mass is 405 g/mol. The van der Waals surface area contributed by atoms with E-state index in [4.69, 9.17) is 4.42 Å². The molecule has 30 heavy (non-hydrogen) atoms. The number of rotatable bonds is 6. The van der Waals surface area contributed by atoms with Gasteiger partial charge in [0.2, 0.25) is 12.3 Å². The molecule has 1 saturated heterocycles. The van der Waals surface area contributed by atoms with E-state index < -0.39 is 23.4 Å². The van der Waals surface area contributed by atoms with Crippen molar-refractivity contribution >= 4 is 17.8 Å². The summed E-state index contributed by atoms with van der Waals surface area (Å²) in [7, 11) is 0. The lowest BCUT2D eigenvalue weighted by Crippen LogP contribution is -2.48. The van der Waals surface area contributed by atoms with Gasteiger partial charge in [-0.2, -0.15) is 5.01 Å². The molecule has 4 amide bonds. The molecule has 1 aliphatic rings. The Balaban J connectivity index is 1.42. The highest BCUT2D eigenvalue weighted by atomic mass is 16.4. The average Bonchev–Trinajstić information content (AvgIpc) is 3.37. The number of nitrogens with one attached hydrogen (secondary N) is 2. The smallest absolute Gasteiger partial charge is 0.344 e. The van der Waals surface area contributed by atoms with Crippen molar-refractivity contribution in [3.63, 3.8) is 0 Å². The number of carbonyl (C=O) groups is 3. The zero-order chi connectivity index (χ0) is 21.1.